The normalized spacial score (nSPS) is 15.8. The molecule has 0 unspecified atom stereocenters. The van der Waals surface area contributed by atoms with Crippen molar-refractivity contribution >= 4 is 32.9 Å². The molecule has 8 heteroatoms. The van der Waals surface area contributed by atoms with E-state index in [0.29, 0.717) is 5.69 Å². The summed E-state index contributed by atoms with van der Waals surface area (Å²) in [6.45, 7) is 0. The minimum Gasteiger partial charge on any atom is -0.511 e. The number of hydrogen-bond acceptors (Lipinski definition) is 5. The zero-order valence-electron chi connectivity index (χ0n) is 10.9. The number of hydrogen-bond donors (Lipinski definition) is 3. The van der Waals surface area contributed by atoms with Crippen LogP contribution in [0.1, 0.15) is 12.8 Å². The van der Waals surface area contributed by atoms with Crippen LogP contribution in [-0.4, -0.2) is 18.5 Å². The van der Waals surface area contributed by atoms with Crippen LogP contribution in [0.25, 0.3) is 0 Å². The molecule has 1 aliphatic rings. The topological polar surface area (TPSA) is 116 Å². The van der Waals surface area contributed by atoms with E-state index in [4.69, 9.17) is 22.6 Å². The number of nitrogens with zero attached hydrogens (tertiary/aromatic N) is 1. The SMILES string of the molecule is N#CC(C(=S)Nc1ccc(S(N)(=O)=O)cc1)=C(O)C1CC1. The number of nitriles is 1. The number of anilines is 1. The summed E-state index contributed by atoms with van der Waals surface area (Å²) in [4.78, 5) is 0.0844. The van der Waals surface area contributed by atoms with Gasteiger partial charge >= 0.3 is 0 Å². The molecule has 1 aromatic carbocycles. The van der Waals surface area contributed by atoms with E-state index in [1.807, 2.05) is 6.07 Å². The van der Waals surface area contributed by atoms with E-state index in [9.17, 15) is 13.5 Å². The Morgan fingerprint density at radius 1 is 1.38 bits per heavy atom. The second kappa shape index (κ2) is 5.81. The summed E-state index contributed by atoms with van der Waals surface area (Å²) in [5, 5.41) is 26.8. The third kappa shape index (κ3) is 3.78. The lowest BCUT2D eigenvalue weighted by molar-refractivity contribution is 0.377. The molecular formula is C13H13N3O3S2. The molecule has 0 bridgehead atoms. The molecule has 110 valence electrons. The zero-order valence-corrected chi connectivity index (χ0v) is 12.5. The highest BCUT2D eigenvalue weighted by Crippen LogP contribution is 2.36. The van der Waals surface area contributed by atoms with E-state index in [0.717, 1.165) is 12.8 Å². The molecule has 0 heterocycles. The lowest BCUT2D eigenvalue weighted by Crippen LogP contribution is -2.15. The molecule has 0 saturated heterocycles. The van der Waals surface area contributed by atoms with Gasteiger partial charge in [0.1, 0.15) is 22.4 Å². The molecule has 1 aromatic rings. The van der Waals surface area contributed by atoms with Crippen LogP contribution < -0.4 is 10.5 Å². The average Bonchev–Trinajstić information content (AvgIpc) is 3.23. The predicted octanol–water partition coefficient (Wildman–Crippen LogP) is 1.82. The van der Waals surface area contributed by atoms with Gasteiger partial charge in [0.2, 0.25) is 10.0 Å². The van der Waals surface area contributed by atoms with Gasteiger partial charge in [-0.2, -0.15) is 5.26 Å². The number of thiocarbonyl (C=S) groups is 1. The Kier molecular flexibility index (Phi) is 4.27. The molecule has 6 nitrogen and oxygen atoms in total. The number of aliphatic hydroxyl groups is 1. The molecule has 0 aromatic heterocycles. The Labute approximate surface area is 127 Å². The largest absolute Gasteiger partial charge is 0.511 e. The maximum absolute atomic E-state index is 11.1. The molecule has 21 heavy (non-hydrogen) atoms. The fourth-order valence-corrected chi connectivity index (χ4v) is 2.49. The van der Waals surface area contributed by atoms with Crippen molar-refractivity contribution < 1.29 is 13.5 Å². The summed E-state index contributed by atoms with van der Waals surface area (Å²) in [5.74, 6) is 0.0281. The zero-order chi connectivity index (χ0) is 15.6. The van der Waals surface area contributed by atoms with Crippen molar-refractivity contribution in [1.29, 1.82) is 5.26 Å². The van der Waals surface area contributed by atoms with Crippen molar-refractivity contribution in [3.8, 4) is 6.07 Å². The second-order valence-corrected chi connectivity index (χ2v) is 6.64. The standard InChI is InChI=1S/C13H13N3O3S2/c14-7-11(12(17)8-1-2-8)13(20)16-9-3-5-10(6-4-9)21(15,18)19/h3-6,8,17H,1-2H2,(H,16,20)(H2,15,18,19). The Morgan fingerprint density at radius 3 is 2.38 bits per heavy atom. The highest BCUT2D eigenvalue weighted by Gasteiger charge is 2.29. The van der Waals surface area contributed by atoms with Crippen LogP contribution in [0.3, 0.4) is 0 Å². The maximum atomic E-state index is 11.1. The van der Waals surface area contributed by atoms with Gasteiger partial charge in [-0.3, -0.25) is 0 Å². The molecule has 1 aliphatic carbocycles. The first-order valence-electron chi connectivity index (χ1n) is 6.10. The van der Waals surface area contributed by atoms with E-state index < -0.39 is 10.0 Å². The highest BCUT2D eigenvalue weighted by atomic mass is 32.2. The smallest absolute Gasteiger partial charge is 0.238 e. The van der Waals surface area contributed by atoms with Gasteiger partial charge in [0.05, 0.1) is 4.90 Å². The maximum Gasteiger partial charge on any atom is 0.238 e. The summed E-state index contributed by atoms with van der Waals surface area (Å²) < 4.78 is 22.3. The highest BCUT2D eigenvalue weighted by molar-refractivity contribution is 7.89. The summed E-state index contributed by atoms with van der Waals surface area (Å²) in [6.07, 6.45) is 1.70. The van der Waals surface area contributed by atoms with Gasteiger partial charge in [-0.15, -0.1) is 0 Å². The Morgan fingerprint density at radius 2 is 1.95 bits per heavy atom. The summed E-state index contributed by atoms with van der Waals surface area (Å²) in [6, 6.07) is 7.51. The summed E-state index contributed by atoms with van der Waals surface area (Å²) >= 11 is 5.09. The van der Waals surface area contributed by atoms with Gasteiger partial charge in [0.15, 0.2) is 0 Å². The van der Waals surface area contributed by atoms with Crippen LogP contribution in [0, 0.1) is 17.2 Å². The molecule has 2 rings (SSSR count). The molecule has 4 N–H and O–H groups in total. The van der Waals surface area contributed by atoms with Crippen molar-refractivity contribution in [2.45, 2.75) is 17.7 Å². The number of nitrogens with two attached hydrogens (primary N) is 1. The Balaban J connectivity index is 2.16. The lowest BCUT2D eigenvalue weighted by Gasteiger charge is -2.09. The van der Waals surface area contributed by atoms with E-state index in [-0.39, 0.29) is 27.1 Å². The Hall–Kier alpha value is -1.95. The molecular weight excluding hydrogens is 310 g/mol. The third-order valence-electron chi connectivity index (χ3n) is 3.00. The van der Waals surface area contributed by atoms with Gasteiger partial charge in [-0.1, -0.05) is 12.2 Å². The van der Waals surface area contributed by atoms with Gasteiger partial charge in [0, 0.05) is 11.6 Å². The number of rotatable bonds is 4. The minimum atomic E-state index is -3.75. The van der Waals surface area contributed by atoms with E-state index >= 15 is 0 Å². The number of sulfonamides is 1. The number of benzene rings is 1. The molecule has 0 aliphatic heterocycles. The van der Waals surface area contributed by atoms with Crippen LogP contribution >= 0.6 is 12.2 Å². The summed E-state index contributed by atoms with van der Waals surface area (Å²) in [5.41, 5.74) is 0.548. The number of primary sulfonamides is 1. The van der Waals surface area contributed by atoms with E-state index in [2.05, 4.69) is 5.32 Å². The number of aliphatic hydroxyl groups excluding tert-OH is 1. The predicted molar refractivity (Wildman–Crippen MR) is 82.0 cm³/mol. The molecule has 0 atom stereocenters. The molecule has 0 spiro atoms. The first-order valence-corrected chi connectivity index (χ1v) is 8.06. The van der Waals surface area contributed by atoms with Crippen LogP contribution in [0.15, 0.2) is 40.5 Å². The first kappa shape index (κ1) is 15.4. The minimum absolute atomic E-state index is 0.0103. The first-order chi connectivity index (χ1) is 9.82. The van der Waals surface area contributed by atoms with E-state index in [1.165, 1.54) is 24.3 Å². The van der Waals surface area contributed by atoms with Gasteiger partial charge in [-0.05, 0) is 37.1 Å². The molecule has 0 radical (unpaired) electrons. The van der Waals surface area contributed by atoms with Crippen molar-refractivity contribution in [2.24, 2.45) is 11.1 Å². The molecule has 1 fully saturated rings. The summed E-state index contributed by atoms with van der Waals surface area (Å²) in [7, 11) is -3.75. The van der Waals surface area contributed by atoms with Crippen LogP contribution in [0.4, 0.5) is 5.69 Å². The van der Waals surface area contributed by atoms with Crippen molar-refractivity contribution in [3.05, 3.63) is 35.6 Å². The fourth-order valence-electron chi connectivity index (χ4n) is 1.71. The molecule has 1 saturated carbocycles. The van der Waals surface area contributed by atoms with Crippen LogP contribution in [0.2, 0.25) is 0 Å². The van der Waals surface area contributed by atoms with Crippen molar-refractivity contribution in [3.63, 3.8) is 0 Å². The molecule has 0 amide bonds. The van der Waals surface area contributed by atoms with Crippen LogP contribution in [0.5, 0.6) is 0 Å². The third-order valence-corrected chi connectivity index (χ3v) is 4.24. The van der Waals surface area contributed by atoms with Crippen LogP contribution in [-0.2, 0) is 10.0 Å². The fraction of sp³-hybridized carbons (Fsp3) is 0.231. The van der Waals surface area contributed by atoms with Crippen molar-refractivity contribution in [2.75, 3.05) is 5.32 Å². The van der Waals surface area contributed by atoms with E-state index in [1.54, 1.807) is 0 Å². The van der Waals surface area contributed by atoms with Gasteiger partial charge < -0.3 is 10.4 Å². The average molecular weight is 323 g/mol. The van der Waals surface area contributed by atoms with Crippen molar-refractivity contribution in [1.82, 2.24) is 0 Å². The quantitative estimate of drug-likeness (QED) is 0.337. The monoisotopic (exact) mass is 323 g/mol. The van der Waals surface area contributed by atoms with Gasteiger partial charge in [-0.25, -0.2) is 13.6 Å². The van der Waals surface area contributed by atoms with Gasteiger partial charge in [0.25, 0.3) is 0 Å². The number of allylic oxidation sites excluding steroid dienone is 1. The Bertz CT molecular complexity index is 742. The second-order valence-electron chi connectivity index (χ2n) is 4.67. The number of nitrogens with one attached hydrogen (secondary N) is 1. The lowest BCUT2D eigenvalue weighted by atomic mass is 10.2.